The summed E-state index contributed by atoms with van der Waals surface area (Å²) in [6.07, 6.45) is -0.227. The van der Waals surface area contributed by atoms with Gasteiger partial charge in [-0.1, -0.05) is 24.3 Å². The third kappa shape index (κ3) is 4.77. The first-order valence-corrected chi connectivity index (χ1v) is 9.92. The molecule has 9 nitrogen and oxygen atoms in total. The molecule has 0 aromatic heterocycles. The Morgan fingerprint density at radius 2 is 1.82 bits per heavy atom. The lowest BCUT2D eigenvalue weighted by Gasteiger charge is -2.26. The first-order chi connectivity index (χ1) is 13.3. The van der Waals surface area contributed by atoms with Gasteiger partial charge in [0.1, 0.15) is 5.75 Å². The molecule has 0 aliphatic carbocycles. The van der Waals surface area contributed by atoms with Crippen LogP contribution in [0.2, 0.25) is 0 Å². The highest BCUT2D eigenvalue weighted by atomic mass is 32.2. The molecule has 0 radical (unpaired) electrons. The highest BCUT2D eigenvalue weighted by Gasteiger charge is 2.33. The van der Waals surface area contributed by atoms with E-state index in [0.717, 1.165) is 16.4 Å². The van der Waals surface area contributed by atoms with E-state index >= 15 is 0 Å². The van der Waals surface area contributed by atoms with Crippen LogP contribution < -0.4 is 9.04 Å². The van der Waals surface area contributed by atoms with Crippen LogP contribution in [-0.2, 0) is 14.8 Å². The smallest absolute Gasteiger partial charge is 0.303 e. The summed E-state index contributed by atoms with van der Waals surface area (Å²) in [5.74, 6) is -0.788. The number of carbonyl (C=O) groups is 1. The second-order valence-corrected chi connectivity index (χ2v) is 7.53. The van der Waals surface area contributed by atoms with Crippen LogP contribution >= 0.6 is 0 Å². The van der Waals surface area contributed by atoms with Crippen molar-refractivity contribution in [1.82, 2.24) is 0 Å². The third-order valence-electron chi connectivity index (χ3n) is 3.82. The van der Waals surface area contributed by atoms with Gasteiger partial charge in [0.25, 0.3) is 15.7 Å². The number of ether oxygens (including phenoxy) is 1. The summed E-state index contributed by atoms with van der Waals surface area (Å²) < 4.78 is 33.1. The number of nitro benzene ring substituents is 1. The van der Waals surface area contributed by atoms with Gasteiger partial charge in [0, 0.05) is 19.0 Å². The molecule has 10 heteroatoms. The molecule has 2 aromatic carbocycles. The maximum atomic E-state index is 13.3. The molecule has 0 bridgehead atoms. The van der Waals surface area contributed by atoms with Gasteiger partial charge in [-0.2, -0.15) is 0 Å². The zero-order chi connectivity index (χ0) is 20.7. The van der Waals surface area contributed by atoms with Gasteiger partial charge in [0.15, 0.2) is 4.90 Å². The Morgan fingerprint density at radius 1 is 1.18 bits per heavy atom. The molecule has 0 aliphatic heterocycles. The van der Waals surface area contributed by atoms with Crippen molar-refractivity contribution < 1.29 is 28.0 Å². The molecule has 28 heavy (non-hydrogen) atoms. The molecule has 0 amide bonds. The number of rotatable bonds is 10. The SMILES string of the molecule is CCOc1ccccc1N(CCCC(=O)O)S(=O)(=O)c1ccccc1[N+](=O)[O-]. The number of hydrogen-bond acceptors (Lipinski definition) is 6. The molecule has 2 rings (SSSR count). The number of para-hydroxylation sites is 3. The van der Waals surface area contributed by atoms with Crippen LogP contribution in [0.15, 0.2) is 53.4 Å². The molecule has 150 valence electrons. The number of anilines is 1. The van der Waals surface area contributed by atoms with E-state index < -0.39 is 31.5 Å². The maximum absolute atomic E-state index is 13.3. The Balaban J connectivity index is 2.59. The van der Waals surface area contributed by atoms with Gasteiger partial charge in [-0.15, -0.1) is 0 Å². The van der Waals surface area contributed by atoms with Gasteiger partial charge in [0.2, 0.25) is 0 Å². The van der Waals surface area contributed by atoms with E-state index in [-0.39, 0.29) is 37.4 Å². The number of carboxylic acid groups (broad SMARTS) is 1. The first-order valence-electron chi connectivity index (χ1n) is 8.48. The Labute approximate surface area is 162 Å². The molecule has 0 spiro atoms. The molecular weight excluding hydrogens is 388 g/mol. The fourth-order valence-electron chi connectivity index (χ4n) is 2.63. The maximum Gasteiger partial charge on any atom is 0.303 e. The molecule has 0 saturated heterocycles. The molecule has 0 unspecified atom stereocenters. The number of sulfonamides is 1. The molecular formula is C18H20N2O7S. The Morgan fingerprint density at radius 3 is 2.46 bits per heavy atom. The van der Waals surface area contributed by atoms with Crippen LogP contribution in [0.25, 0.3) is 0 Å². The lowest BCUT2D eigenvalue weighted by atomic mass is 10.2. The molecule has 0 aliphatic rings. The summed E-state index contributed by atoms with van der Waals surface area (Å²) in [4.78, 5) is 21.0. The first kappa shape index (κ1) is 21.2. The predicted molar refractivity (Wildman–Crippen MR) is 102 cm³/mol. The van der Waals surface area contributed by atoms with Gasteiger partial charge in [-0.25, -0.2) is 8.42 Å². The Hall–Kier alpha value is -3.14. The lowest BCUT2D eigenvalue weighted by molar-refractivity contribution is -0.387. The van der Waals surface area contributed by atoms with Crippen molar-refractivity contribution in [1.29, 1.82) is 0 Å². The van der Waals surface area contributed by atoms with Crippen molar-refractivity contribution >= 4 is 27.4 Å². The second kappa shape index (κ2) is 9.18. The van der Waals surface area contributed by atoms with E-state index in [1.807, 2.05) is 0 Å². The van der Waals surface area contributed by atoms with E-state index in [4.69, 9.17) is 9.84 Å². The van der Waals surface area contributed by atoms with Crippen LogP contribution in [0.5, 0.6) is 5.75 Å². The Kier molecular flexibility index (Phi) is 6.94. The van der Waals surface area contributed by atoms with Crippen molar-refractivity contribution in [2.24, 2.45) is 0 Å². The summed E-state index contributed by atoms with van der Waals surface area (Å²) in [7, 11) is -4.35. The normalized spacial score (nSPS) is 11.0. The van der Waals surface area contributed by atoms with Gasteiger partial charge < -0.3 is 9.84 Å². The minimum atomic E-state index is -4.35. The number of benzene rings is 2. The minimum Gasteiger partial charge on any atom is -0.492 e. The molecule has 0 atom stereocenters. The summed E-state index contributed by atoms with van der Waals surface area (Å²) >= 11 is 0. The van der Waals surface area contributed by atoms with E-state index in [1.165, 1.54) is 18.2 Å². The predicted octanol–water partition coefficient (Wildman–Crippen LogP) is 3.05. The number of carboxylic acids is 1. The van der Waals surface area contributed by atoms with E-state index in [1.54, 1.807) is 25.1 Å². The van der Waals surface area contributed by atoms with Gasteiger partial charge in [0.05, 0.1) is 17.2 Å². The van der Waals surface area contributed by atoms with Crippen molar-refractivity contribution in [2.75, 3.05) is 17.5 Å². The van der Waals surface area contributed by atoms with Crippen LogP contribution in [-0.4, -0.2) is 37.6 Å². The largest absolute Gasteiger partial charge is 0.492 e. The number of nitrogens with zero attached hydrogens (tertiary/aromatic N) is 2. The number of aliphatic carboxylic acids is 1. The van der Waals surface area contributed by atoms with Crippen molar-refractivity contribution in [3.05, 3.63) is 58.6 Å². The van der Waals surface area contributed by atoms with Gasteiger partial charge >= 0.3 is 5.97 Å². The van der Waals surface area contributed by atoms with Crippen LogP contribution in [0.4, 0.5) is 11.4 Å². The summed E-state index contributed by atoms with van der Waals surface area (Å²) in [6.45, 7) is 1.85. The van der Waals surface area contributed by atoms with E-state index in [9.17, 15) is 23.3 Å². The van der Waals surface area contributed by atoms with Gasteiger partial charge in [-0.05, 0) is 31.5 Å². The van der Waals surface area contributed by atoms with Crippen LogP contribution in [0.3, 0.4) is 0 Å². The quantitative estimate of drug-likeness (QED) is 0.473. The van der Waals surface area contributed by atoms with Crippen LogP contribution in [0.1, 0.15) is 19.8 Å². The third-order valence-corrected chi connectivity index (χ3v) is 5.68. The number of nitro groups is 1. The topological polar surface area (TPSA) is 127 Å². The van der Waals surface area contributed by atoms with Crippen molar-refractivity contribution in [3.8, 4) is 5.75 Å². The second-order valence-electron chi connectivity index (χ2n) is 5.70. The van der Waals surface area contributed by atoms with Gasteiger partial charge in [-0.3, -0.25) is 19.2 Å². The molecule has 1 N–H and O–H groups in total. The lowest BCUT2D eigenvalue weighted by Crippen LogP contribution is -2.33. The average Bonchev–Trinajstić information content (AvgIpc) is 2.66. The average molecular weight is 408 g/mol. The molecule has 0 fully saturated rings. The number of hydrogen-bond donors (Lipinski definition) is 1. The zero-order valence-electron chi connectivity index (χ0n) is 15.1. The van der Waals surface area contributed by atoms with Crippen molar-refractivity contribution in [2.45, 2.75) is 24.7 Å². The zero-order valence-corrected chi connectivity index (χ0v) is 16.0. The fourth-order valence-corrected chi connectivity index (χ4v) is 4.30. The monoisotopic (exact) mass is 408 g/mol. The highest BCUT2D eigenvalue weighted by Crippen LogP contribution is 2.35. The van der Waals surface area contributed by atoms with Crippen LogP contribution in [0, 0.1) is 10.1 Å². The van der Waals surface area contributed by atoms with E-state index in [0.29, 0.717) is 0 Å². The summed E-state index contributed by atoms with van der Waals surface area (Å²) in [6, 6.07) is 11.4. The Bertz CT molecular complexity index is 960. The standard InChI is InChI=1S/C18H20N2O7S/c1-2-27-16-10-5-3-8-14(16)19(13-7-12-18(21)22)28(25,26)17-11-6-4-9-15(17)20(23)24/h3-6,8-11H,2,7,12-13H2,1H3,(H,21,22). The summed E-state index contributed by atoms with van der Waals surface area (Å²) in [5.41, 5.74) is -0.368. The summed E-state index contributed by atoms with van der Waals surface area (Å²) in [5, 5.41) is 20.2. The molecule has 0 saturated carbocycles. The molecule has 2 aromatic rings. The highest BCUT2D eigenvalue weighted by molar-refractivity contribution is 7.93. The molecule has 0 heterocycles. The van der Waals surface area contributed by atoms with E-state index in [2.05, 4.69) is 0 Å². The fraction of sp³-hybridized carbons (Fsp3) is 0.278. The minimum absolute atomic E-state index is 0.0235. The van der Waals surface area contributed by atoms with Crippen molar-refractivity contribution in [3.63, 3.8) is 0 Å².